The molecule has 1 heterocycles. The van der Waals surface area contributed by atoms with Crippen molar-refractivity contribution < 1.29 is 24.7 Å². The molecular weight excluding hydrogens is 366 g/mol. The number of aromatic hydroxyl groups is 2. The lowest BCUT2D eigenvalue weighted by Gasteiger charge is -2.23. The topological polar surface area (TPSA) is 133 Å². The number of phenolic OH excluding ortho intramolecular Hbond substituents is 2. The van der Waals surface area contributed by atoms with E-state index in [1.54, 1.807) is 12.1 Å². The third-order valence-corrected chi connectivity index (χ3v) is 4.34. The zero-order valence-corrected chi connectivity index (χ0v) is 14.1. The van der Waals surface area contributed by atoms with Crippen molar-refractivity contribution in [2.75, 3.05) is 0 Å². The number of hydrogen-bond donors (Lipinski definition) is 2. The Balaban J connectivity index is 1.83. The molecular formula is C19H11N3O6. The van der Waals surface area contributed by atoms with Gasteiger partial charge in [0.2, 0.25) is 0 Å². The molecule has 0 saturated carbocycles. The number of imide groups is 1. The van der Waals surface area contributed by atoms with Gasteiger partial charge >= 0.3 is 0 Å². The summed E-state index contributed by atoms with van der Waals surface area (Å²) in [5.41, 5.74) is 0.0736. The minimum atomic E-state index is -0.813. The standard InChI is InChI=1S/C19H11N3O6/c23-13-5-4-11(16(24)8-13)9-20-21-18(25)14-3-1-2-10-6-12(22(27)28)7-15(17(10)14)19(21)26/h1-9,23-24H. The summed E-state index contributed by atoms with van der Waals surface area (Å²) in [6, 6.07) is 10.8. The van der Waals surface area contributed by atoms with Crippen molar-refractivity contribution >= 4 is 34.5 Å². The summed E-state index contributed by atoms with van der Waals surface area (Å²) in [5.74, 6) is -1.95. The Kier molecular flexibility index (Phi) is 3.78. The van der Waals surface area contributed by atoms with Gasteiger partial charge in [0.15, 0.2) is 0 Å². The van der Waals surface area contributed by atoms with E-state index in [9.17, 15) is 29.9 Å². The first kappa shape index (κ1) is 17.2. The molecule has 0 bridgehead atoms. The van der Waals surface area contributed by atoms with Crippen LogP contribution in [0.5, 0.6) is 11.5 Å². The molecule has 4 rings (SSSR count). The van der Waals surface area contributed by atoms with Crippen LogP contribution >= 0.6 is 0 Å². The second-order valence-corrected chi connectivity index (χ2v) is 6.06. The lowest BCUT2D eigenvalue weighted by Crippen LogP contribution is -2.36. The van der Waals surface area contributed by atoms with E-state index in [1.807, 2.05) is 0 Å². The maximum Gasteiger partial charge on any atom is 0.282 e. The number of amides is 2. The van der Waals surface area contributed by atoms with Gasteiger partial charge in [-0.15, -0.1) is 0 Å². The maximum atomic E-state index is 12.8. The van der Waals surface area contributed by atoms with Crippen LogP contribution in [0.25, 0.3) is 10.8 Å². The number of non-ortho nitro benzene ring substituents is 1. The normalized spacial score (nSPS) is 13.5. The van der Waals surface area contributed by atoms with Gasteiger partial charge in [-0.05, 0) is 23.6 Å². The third-order valence-electron chi connectivity index (χ3n) is 4.34. The van der Waals surface area contributed by atoms with Crippen LogP contribution in [0.2, 0.25) is 0 Å². The summed E-state index contributed by atoms with van der Waals surface area (Å²) in [6.45, 7) is 0. The first-order valence-corrected chi connectivity index (χ1v) is 8.03. The average molecular weight is 377 g/mol. The number of nitro benzene ring substituents is 1. The summed E-state index contributed by atoms with van der Waals surface area (Å²) in [6.07, 6.45) is 1.09. The number of carbonyl (C=O) groups is 2. The summed E-state index contributed by atoms with van der Waals surface area (Å²) in [5, 5.41) is 35.5. The second kappa shape index (κ2) is 6.16. The van der Waals surface area contributed by atoms with Crippen molar-refractivity contribution in [3.63, 3.8) is 0 Å². The molecule has 0 radical (unpaired) electrons. The highest BCUT2D eigenvalue weighted by atomic mass is 16.6. The Hall–Kier alpha value is -4.27. The van der Waals surface area contributed by atoms with Gasteiger partial charge in [-0.2, -0.15) is 10.1 Å². The Labute approximate surface area is 156 Å². The molecule has 138 valence electrons. The second-order valence-electron chi connectivity index (χ2n) is 6.06. The van der Waals surface area contributed by atoms with Gasteiger partial charge in [-0.1, -0.05) is 12.1 Å². The monoisotopic (exact) mass is 377 g/mol. The molecule has 1 aliphatic heterocycles. The number of benzene rings is 3. The summed E-state index contributed by atoms with van der Waals surface area (Å²) >= 11 is 0. The van der Waals surface area contributed by atoms with Crippen molar-refractivity contribution in [1.29, 1.82) is 0 Å². The third kappa shape index (κ3) is 2.62. The molecule has 0 spiro atoms. The summed E-state index contributed by atoms with van der Waals surface area (Å²) < 4.78 is 0. The van der Waals surface area contributed by atoms with Crippen molar-refractivity contribution in [2.45, 2.75) is 0 Å². The molecule has 0 saturated heterocycles. The van der Waals surface area contributed by atoms with E-state index in [0.717, 1.165) is 18.3 Å². The number of hydrazone groups is 1. The molecule has 0 unspecified atom stereocenters. The smallest absolute Gasteiger partial charge is 0.282 e. The number of nitrogens with zero attached hydrogens (tertiary/aromatic N) is 3. The molecule has 0 aromatic heterocycles. The van der Waals surface area contributed by atoms with Gasteiger partial charge < -0.3 is 10.2 Å². The molecule has 0 aliphatic carbocycles. The van der Waals surface area contributed by atoms with Gasteiger partial charge in [0, 0.05) is 29.1 Å². The minimum Gasteiger partial charge on any atom is -0.508 e. The number of rotatable bonds is 3. The van der Waals surface area contributed by atoms with E-state index in [0.29, 0.717) is 15.8 Å². The van der Waals surface area contributed by atoms with Gasteiger partial charge in [-0.3, -0.25) is 19.7 Å². The molecule has 9 heteroatoms. The van der Waals surface area contributed by atoms with Crippen molar-refractivity contribution in [3.05, 3.63) is 75.3 Å². The summed E-state index contributed by atoms with van der Waals surface area (Å²) in [7, 11) is 0. The highest BCUT2D eigenvalue weighted by Crippen LogP contribution is 2.33. The fourth-order valence-electron chi connectivity index (χ4n) is 3.05. The van der Waals surface area contributed by atoms with Crippen LogP contribution < -0.4 is 0 Å². The molecule has 2 N–H and O–H groups in total. The first-order chi connectivity index (χ1) is 13.4. The molecule has 3 aromatic carbocycles. The van der Waals surface area contributed by atoms with Crippen LogP contribution in [-0.4, -0.2) is 38.2 Å². The fourth-order valence-corrected chi connectivity index (χ4v) is 3.05. The van der Waals surface area contributed by atoms with E-state index >= 15 is 0 Å². The van der Waals surface area contributed by atoms with Crippen LogP contribution in [0.15, 0.2) is 53.6 Å². The van der Waals surface area contributed by atoms with Crippen molar-refractivity contribution in [2.24, 2.45) is 5.10 Å². The Morgan fingerprint density at radius 1 is 1.00 bits per heavy atom. The van der Waals surface area contributed by atoms with E-state index in [1.165, 1.54) is 24.3 Å². The van der Waals surface area contributed by atoms with Crippen molar-refractivity contribution in [1.82, 2.24) is 5.01 Å². The predicted octanol–water partition coefficient (Wildman–Crippen LogP) is 2.79. The van der Waals surface area contributed by atoms with Gasteiger partial charge in [-0.25, -0.2) is 0 Å². The molecule has 1 aliphatic rings. The van der Waals surface area contributed by atoms with E-state index in [4.69, 9.17) is 0 Å². The average Bonchev–Trinajstić information content (AvgIpc) is 2.66. The quantitative estimate of drug-likeness (QED) is 0.312. The number of phenols is 2. The van der Waals surface area contributed by atoms with Crippen LogP contribution in [0, 0.1) is 10.1 Å². The molecule has 0 atom stereocenters. The van der Waals surface area contributed by atoms with Crippen LogP contribution in [-0.2, 0) is 0 Å². The van der Waals surface area contributed by atoms with E-state index < -0.39 is 16.7 Å². The minimum absolute atomic E-state index is 0.00789. The zero-order chi connectivity index (χ0) is 20.0. The fraction of sp³-hybridized carbons (Fsp3) is 0. The van der Waals surface area contributed by atoms with E-state index in [-0.39, 0.29) is 33.9 Å². The molecule has 3 aromatic rings. The Bertz CT molecular complexity index is 1220. The number of hydrogen-bond acceptors (Lipinski definition) is 7. The Morgan fingerprint density at radius 2 is 1.75 bits per heavy atom. The SMILES string of the molecule is O=C1c2cccc3cc([N+](=O)[O-])cc(c23)C(=O)N1N=Cc1ccc(O)cc1O. The summed E-state index contributed by atoms with van der Waals surface area (Å²) in [4.78, 5) is 36.1. The highest BCUT2D eigenvalue weighted by molar-refractivity contribution is 6.25. The van der Waals surface area contributed by atoms with Crippen LogP contribution in [0.4, 0.5) is 5.69 Å². The molecule has 2 amide bonds. The largest absolute Gasteiger partial charge is 0.508 e. The Morgan fingerprint density at radius 3 is 2.46 bits per heavy atom. The number of nitro groups is 1. The van der Waals surface area contributed by atoms with Gasteiger partial charge in [0.05, 0.1) is 22.3 Å². The molecule has 9 nitrogen and oxygen atoms in total. The van der Waals surface area contributed by atoms with Gasteiger partial charge in [0.1, 0.15) is 11.5 Å². The van der Waals surface area contributed by atoms with Crippen LogP contribution in [0.3, 0.4) is 0 Å². The van der Waals surface area contributed by atoms with E-state index in [2.05, 4.69) is 5.10 Å². The molecule has 0 fully saturated rings. The maximum absolute atomic E-state index is 12.8. The highest BCUT2D eigenvalue weighted by Gasteiger charge is 2.34. The van der Waals surface area contributed by atoms with Crippen molar-refractivity contribution in [3.8, 4) is 11.5 Å². The number of carbonyl (C=O) groups excluding carboxylic acids is 2. The lowest BCUT2D eigenvalue weighted by atomic mass is 9.94. The predicted molar refractivity (Wildman–Crippen MR) is 98.5 cm³/mol. The lowest BCUT2D eigenvalue weighted by molar-refractivity contribution is -0.384. The first-order valence-electron chi connectivity index (χ1n) is 8.03. The van der Waals surface area contributed by atoms with Gasteiger partial charge in [0.25, 0.3) is 17.5 Å². The molecule has 28 heavy (non-hydrogen) atoms. The zero-order valence-electron chi connectivity index (χ0n) is 14.1. The van der Waals surface area contributed by atoms with Crippen LogP contribution in [0.1, 0.15) is 26.3 Å².